The summed E-state index contributed by atoms with van der Waals surface area (Å²) in [6.45, 7) is 1.66. The second-order valence-electron chi connectivity index (χ2n) is 3.00. The maximum absolute atomic E-state index is 12.8. The van der Waals surface area contributed by atoms with Gasteiger partial charge in [-0.3, -0.25) is 0 Å². The van der Waals surface area contributed by atoms with Crippen molar-refractivity contribution < 1.29 is 9.50 Å². The first kappa shape index (κ1) is 11.6. The molecular formula is C10H13BrFNO. The summed E-state index contributed by atoms with van der Waals surface area (Å²) in [6, 6.07) is 4.93. The molecule has 0 radical (unpaired) electrons. The molecule has 0 saturated heterocycles. The lowest BCUT2D eigenvalue weighted by Gasteiger charge is -2.04. The van der Waals surface area contributed by atoms with Crippen LogP contribution in [0.3, 0.4) is 0 Å². The monoisotopic (exact) mass is 261 g/mol. The van der Waals surface area contributed by atoms with E-state index in [1.54, 1.807) is 12.1 Å². The summed E-state index contributed by atoms with van der Waals surface area (Å²) in [5.41, 5.74) is 1.02. The van der Waals surface area contributed by atoms with E-state index in [0.29, 0.717) is 11.0 Å². The van der Waals surface area contributed by atoms with Crippen LogP contribution in [-0.4, -0.2) is 18.3 Å². The highest BCUT2D eigenvalue weighted by Crippen LogP contribution is 2.16. The Morgan fingerprint density at radius 2 is 2.21 bits per heavy atom. The number of halogens is 2. The molecule has 0 heterocycles. The molecule has 0 aliphatic rings. The van der Waals surface area contributed by atoms with Crippen LogP contribution in [0.5, 0.6) is 0 Å². The molecule has 0 amide bonds. The molecular weight excluding hydrogens is 249 g/mol. The second kappa shape index (κ2) is 6.11. The molecule has 0 saturated carbocycles. The lowest BCUT2D eigenvalue weighted by atomic mass is 10.2. The molecule has 0 atom stereocenters. The quantitative estimate of drug-likeness (QED) is 0.796. The largest absolute Gasteiger partial charge is 0.396 e. The van der Waals surface area contributed by atoms with Crippen molar-refractivity contribution in [2.45, 2.75) is 13.0 Å². The Morgan fingerprint density at radius 1 is 1.43 bits per heavy atom. The van der Waals surface area contributed by atoms with Crippen LogP contribution in [-0.2, 0) is 6.54 Å². The number of nitrogens with one attached hydrogen (secondary N) is 1. The van der Waals surface area contributed by atoms with Crippen molar-refractivity contribution in [2.75, 3.05) is 13.2 Å². The van der Waals surface area contributed by atoms with Gasteiger partial charge < -0.3 is 10.4 Å². The molecule has 0 bridgehead atoms. The summed E-state index contributed by atoms with van der Waals surface area (Å²) in [6.07, 6.45) is 0.738. The van der Waals surface area contributed by atoms with Gasteiger partial charge in [-0.25, -0.2) is 4.39 Å². The minimum absolute atomic E-state index is 0.195. The standard InChI is InChI=1S/C10H13BrFNO/c11-9-6-8(2-3-10(9)12)7-13-4-1-5-14/h2-3,6,13-14H,1,4-5,7H2. The smallest absolute Gasteiger partial charge is 0.137 e. The van der Waals surface area contributed by atoms with Crippen LogP contribution < -0.4 is 5.32 Å². The normalized spacial score (nSPS) is 10.5. The van der Waals surface area contributed by atoms with Crippen LogP contribution in [0.4, 0.5) is 4.39 Å². The molecule has 0 fully saturated rings. The zero-order valence-corrected chi connectivity index (χ0v) is 9.35. The molecule has 1 aromatic rings. The Balaban J connectivity index is 2.39. The first-order valence-corrected chi connectivity index (χ1v) is 5.29. The summed E-state index contributed by atoms with van der Waals surface area (Å²) < 4.78 is 13.3. The van der Waals surface area contributed by atoms with Gasteiger partial charge in [0.15, 0.2) is 0 Å². The topological polar surface area (TPSA) is 32.3 Å². The summed E-state index contributed by atoms with van der Waals surface area (Å²) in [5.74, 6) is -0.246. The highest BCUT2D eigenvalue weighted by Gasteiger charge is 1.99. The molecule has 4 heteroatoms. The number of hydrogen-bond donors (Lipinski definition) is 2. The molecule has 1 aromatic carbocycles. The summed E-state index contributed by atoms with van der Waals surface area (Å²) in [5, 5.41) is 11.7. The van der Waals surface area contributed by atoms with Crippen LogP contribution in [0.15, 0.2) is 22.7 Å². The van der Waals surface area contributed by atoms with E-state index in [1.807, 2.05) is 0 Å². The van der Waals surface area contributed by atoms with Gasteiger partial charge in [0.2, 0.25) is 0 Å². The molecule has 0 aliphatic heterocycles. The summed E-state index contributed by atoms with van der Waals surface area (Å²) in [7, 11) is 0. The predicted molar refractivity (Wildman–Crippen MR) is 57.5 cm³/mol. The van der Waals surface area contributed by atoms with Crippen molar-refractivity contribution in [3.05, 3.63) is 34.1 Å². The van der Waals surface area contributed by atoms with E-state index in [1.165, 1.54) is 6.07 Å². The fourth-order valence-electron chi connectivity index (χ4n) is 1.09. The minimum atomic E-state index is -0.246. The fraction of sp³-hybridized carbons (Fsp3) is 0.400. The number of aliphatic hydroxyl groups excluding tert-OH is 1. The second-order valence-corrected chi connectivity index (χ2v) is 3.86. The van der Waals surface area contributed by atoms with Crippen LogP contribution in [0.2, 0.25) is 0 Å². The molecule has 2 N–H and O–H groups in total. The SMILES string of the molecule is OCCCNCc1ccc(F)c(Br)c1. The van der Waals surface area contributed by atoms with Crippen LogP contribution in [0.1, 0.15) is 12.0 Å². The number of hydrogen-bond acceptors (Lipinski definition) is 2. The van der Waals surface area contributed by atoms with Crippen molar-refractivity contribution in [3.63, 3.8) is 0 Å². The van der Waals surface area contributed by atoms with E-state index in [4.69, 9.17) is 5.11 Å². The molecule has 0 spiro atoms. The highest BCUT2D eigenvalue weighted by atomic mass is 79.9. The fourth-order valence-corrected chi connectivity index (χ4v) is 1.51. The van der Waals surface area contributed by atoms with Gasteiger partial charge in [0.25, 0.3) is 0 Å². The van der Waals surface area contributed by atoms with Crippen molar-refractivity contribution >= 4 is 15.9 Å². The van der Waals surface area contributed by atoms with Crippen LogP contribution >= 0.6 is 15.9 Å². The van der Waals surface area contributed by atoms with Gasteiger partial charge in [-0.15, -0.1) is 0 Å². The number of aliphatic hydroxyl groups is 1. The molecule has 0 aromatic heterocycles. The van der Waals surface area contributed by atoms with E-state index in [2.05, 4.69) is 21.2 Å². The molecule has 0 aliphatic carbocycles. The van der Waals surface area contributed by atoms with E-state index in [-0.39, 0.29) is 12.4 Å². The Bertz CT molecular complexity index is 293. The minimum Gasteiger partial charge on any atom is -0.396 e. The maximum Gasteiger partial charge on any atom is 0.137 e. The average Bonchev–Trinajstić information content (AvgIpc) is 2.18. The predicted octanol–water partition coefficient (Wildman–Crippen LogP) is 2.06. The van der Waals surface area contributed by atoms with E-state index in [9.17, 15) is 4.39 Å². The van der Waals surface area contributed by atoms with Crippen molar-refractivity contribution in [1.82, 2.24) is 5.32 Å². The average molecular weight is 262 g/mol. The van der Waals surface area contributed by atoms with Crippen molar-refractivity contribution in [2.24, 2.45) is 0 Å². The van der Waals surface area contributed by atoms with E-state index in [0.717, 1.165) is 18.5 Å². The zero-order valence-electron chi connectivity index (χ0n) is 7.76. The third-order valence-electron chi connectivity index (χ3n) is 1.82. The Labute approximate surface area is 91.3 Å². The Morgan fingerprint density at radius 3 is 2.86 bits per heavy atom. The third-order valence-corrected chi connectivity index (χ3v) is 2.43. The summed E-state index contributed by atoms with van der Waals surface area (Å²) in [4.78, 5) is 0. The maximum atomic E-state index is 12.8. The van der Waals surface area contributed by atoms with Gasteiger partial charge >= 0.3 is 0 Å². The van der Waals surface area contributed by atoms with Crippen LogP contribution in [0.25, 0.3) is 0 Å². The molecule has 14 heavy (non-hydrogen) atoms. The summed E-state index contributed by atoms with van der Waals surface area (Å²) >= 11 is 3.13. The number of benzene rings is 1. The molecule has 1 rings (SSSR count). The van der Waals surface area contributed by atoms with Gasteiger partial charge in [-0.2, -0.15) is 0 Å². The molecule has 2 nitrogen and oxygen atoms in total. The van der Waals surface area contributed by atoms with Gasteiger partial charge in [0.1, 0.15) is 5.82 Å². The van der Waals surface area contributed by atoms with Crippen molar-refractivity contribution in [3.8, 4) is 0 Å². The Hall–Kier alpha value is -0.450. The van der Waals surface area contributed by atoms with E-state index >= 15 is 0 Å². The first-order valence-electron chi connectivity index (χ1n) is 4.49. The third kappa shape index (κ3) is 3.74. The Kier molecular flexibility index (Phi) is 5.07. The highest BCUT2D eigenvalue weighted by molar-refractivity contribution is 9.10. The van der Waals surface area contributed by atoms with E-state index < -0.39 is 0 Å². The van der Waals surface area contributed by atoms with Gasteiger partial charge in [0, 0.05) is 13.2 Å². The van der Waals surface area contributed by atoms with Crippen LogP contribution in [0, 0.1) is 5.82 Å². The number of rotatable bonds is 5. The molecule has 0 unspecified atom stereocenters. The lowest BCUT2D eigenvalue weighted by Crippen LogP contribution is -2.15. The van der Waals surface area contributed by atoms with Gasteiger partial charge in [-0.1, -0.05) is 6.07 Å². The lowest BCUT2D eigenvalue weighted by molar-refractivity contribution is 0.286. The zero-order chi connectivity index (χ0) is 10.4. The molecule has 78 valence electrons. The first-order chi connectivity index (χ1) is 6.74. The van der Waals surface area contributed by atoms with Gasteiger partial charge in [-0.05, 0) is 46.6 Å². The van der Waals surface area contributed by atoms with Crippen molar-refractivity contribution in [1.29, 1.82) is 0 Å². The van der Waals surface area contributed by atoms with Gasteiger partial charge in [0.05, 0.1) is 4.47 Å².